The molecule has 2 aliphatic heterocycles. The van der Waals surface area contributed by atoms with Gasteiger partial charge >= 0.3 is 6.09 Å². The van der Waals surface area contributed by atoms with Gasteiger partial charge in [0.05, 0.1) is 18.8 Å². The Hall–Kier alpha value is -0.810. The van der Waals surface area contributed by atoms with Gasteiger partial charge in [0, 0.05) is 12.6 Å². The van der Waals surface area contributed by atoms with Gasteiger partial charge in [-0.3, -0.25) is 4.90 Å². The number of likely N-dealkylation sites (N-methyl/N-ethyl adjacent to an activating group) is 1. The van der Waals surface area contributed by atoms with Gasteiger partial charge in [0.25, 0.3) is 0 Å². The standard InChI is InChI=1S/C12H22N2O3/c1-11(2,3)17-10(15)14-6-9(13-4)5-12(14)7-16-8-12/h9,13H,5-8H2,1-4H3. The first-order chi connectivity index (χ1) is 7.86. The van der Waals surface area contributed by atoms with Gasteiger partial charge in [0.2, 0.25) is 0 Å². The van der Waals surface area contributed by atoms with E-state index >= 15 is 0 Å². The summed E-state index contributed by atoms with van der Waals surface area (Å²) in [7, 11) is 1.93. The molecule has 2 aliphatic rings. The Balaban J connectivity index is 2.06. The van der Waals surface area contributed by atoms with Crippen molar-refractivity contribution >= 4 is 6.09 Å². The zero-order valence-corrected chi connectivity index (χ0v) is 11.1. The van der Waals surface area contributed by atoms with Crippen molar-refractivity contribution in [1.29, 1.82) is 0 Å². The van der Waals surface area contributed by atoms with Crippen LogP contribution in [0.4, 0.5) is 4.79 Å². The van der Waals surface area contributed by atoms with Gasteiger partial charge in [-0.15, -0.1) is 0 Å². The molecule has 2 saturated heterocycles. The Kier molecular flexibility index (Phi) is 3.08. The van der Waals surface area contributed by atoms with Crippen LogP contribution in [0.15, 0.2) is 0 Å². The number of hydrogen-bond donors (Lipinski definition) is 1. The van der Waals surface area contributed by atoms with E-state index in [1.54, 1.807) is 0 Å². The summed E-state index contributed by atoms with van der Waals surface area (Å²) in [6.45, 7) is 7.63. The molecule has 1 N–H and O–H groups in total. The van der Waals surface area contributed by atoms with Crippen molar-refractivity contribution in [2.75, 3.05) is 26.8 Å². The minimum Gasteiger partial charge on any atom is -0.444 e. The minimum atomic E-state index is -0.444. The number of nitrogens with zero attached hydrogens (tertiary/aromatic N) is 1. The van der Waals surface area contributed by atoms with E-state index in [9.17, 15) is 4.79 Å². The number of carbonyl (C=O) groups excluding carboxylic acids is 1. The first kappa shape index (κ1) is 12.6. The normalized spacial score (nSPS) is 27.1. The summed E-state index contributed by atoms with van der Waals surface area (Å²) in [6.07, 6.45) is 0.724. The van der Waals surface area contributed by atoms with Crippen LogP contribution in [0.5, 0.6) is 0 Å². The summed E-state index contributed by atoms with van der Waals surface area (Å²) in [6, 6.07) is 0.339. The Morgan fingerprint density at radius 2 is 2.12 bits per heavy atom. The monoisotopic (exact) mass is 242 g/mol. The molecule has 2 rings (SSSR count). The van der Waals surface area contributed by atoms with Crippen LogP contribution in [-0.2, 0) is 9.47 Å². The fraction of sp³-hybridized carbons (Fsp3) is 0.917. The maximum atomic E-state index is 12.2. The Bertz CT molecular complexity index is 307. The van der Waals surface area contributed by atoms with E-state index in [2.05, 4.69) is 5.32 Å². The van der Waals surface area contributed by atoms with Gasteiger partial charge in [0.1, 0.15) is 5.60 Å². The van der Waals surface area contributed by atoms with Crippen molar-refractivity contribution in [3.05, 3.63) is 0 Å². The maximum absolute atomic E-state index is 12.2. The Morgan fingerprint density at radius 1 is 1.47 bits per heavy atom. The van der Waals surface area contributed by atoms with Gasteiger partial charge in [-0.25, -0.2) is 4.79 Å². The van der Waals surface area contributed by atoms with Crippen molar-refractivity contribution in [2.45, 2.75) is 44.4 Å². The van der Waals surface area contributed by atoms with E-state index in [0.29, 0.717) is 25.8 Å². The number of carbonyl (C=O) groups is 1. The smallest absolute Gasteiger partial charge is 0.410 e. The molecule has 1 spiro atoms. The van der Waals surface area contributed by atoms with Crippen molar-refractivity contribution in [1.82, 2.24) is 10.2 Å². The summed E-state index contributed by atoms with van der Waals surface area (Å²) in [5.41, 5.74) is -0.573. The molecule has 0 bridgehead atoms. The molecule has 5 heteroatoms. The number of likely N-dealkylation sites (tertiary alicyclic amines) is 1. The molecule has 2 heterocycles. The summed E-state index contributed by atoms with van der Waals surface area (Å²) >= 11 is 0. The second kappa shape index (κ2) is 4.14. The van der Waals surface area contributed by atoms with Crippen LogP contribution in [0.1, 0.15) is 27.2 Å². The van der Waals surface area contributed by atoms with E-state index in [1.807, 2.05) is 32.7 Å². The largest absolute Gasteiger partial charge is 0.444 e. The Labute approximate surface area is 102 Å². The van der Waals surface area contributed by atoms with Gasteiger partial charge in [0.15, 0.2) is 0 Å². The highest BCUT2D eigenvalue weighted by Crippen LogP contribution is 2.36. The second-order valence-corrected chi connectivity index (χ2v) is 6.00. The summed E-state index contributed by atoms with van der Waals surface area (Å²) in [5.74, 6) is 0. The molecule has 1 unspecified atom stereocenters. The lowest BCUT2D eigenvalue weighted by Crippen LogP contribution is -2.61. The molecule has 0 aliphatic carbocycles. The number of ether oxygens (including phenoxy) is 2. The predicted molar refractivity (Wildman–Crippen MR) is 64.0 cm³/mol. The first-order valence-electron chi connectivity index (χ1n) is 6.12. The average Bonchev–Trinajstić information content (AvgIpc) is 2.53. The fourth-order valence-corrected chi connectivity index (χ4v) is 2.44. The predicted octanol–water partition coefficient (Wildman–Crippen LogP) is 0.984. The van der Waals surface area contributed by atoms with Crippen molar-refractivity contribution in [3.8, 4) is 0 Å². The highest BCUT2D eigenvalue weighted by molar-refractivity contribution is 5.70. The van der Waals surface area contributed by atoms with Crippen LogP contribution in [0.3, 0.4) is 0 Å². The SMILES string of the molecule is CNC1CN(C(=O)OC(C)(C)C)C2(COC2)C1. The van der Waals surface area contributed by atoms with Gasteiger partial charge in [-0.05, 0) is 34.2 Å². The van der Waals surface area contributed by atoms with Crippen LogP contribution in [0.25, 0.3) is 0 Å². The second-order valence-electron chi connectivity index (χ2n) is 6.00. The van der Waals surface area contributed by atoms with E-state index in [4.69, 9.17) is 9.47 Å². The maximum Gasteiger partial charge on any atom is 0.410 e. The summed E-state index contributed by atoms with van der Waals surface area (Å²) in [5, 5.41) is 3.23. The molecule has 5 nitrogen and oxygen atoms in total. The number of nitrogens with one attached hydrogen (secondary N) is 1. The molecule has 2 fully saturated rings. The van der Waals surface area contributed by atoms with Crippen LogP contribution in [0, 0.1) is 0 Å². The van der Waals surface area contributed by atoms with Crippen LogP contribution < -0.4 is 5.32 Å². The zero-order chi connectivity index (χ0) is 12.7. The summed E-state index contributed by atoms with van der Waals surface area (Å²) < 4.78 is 10.7. The van der Waals surface area contributed by atoms with Crippen molar-refractivity contribution < 1.29 is 14.3 Å². The van der Waals surface area contributed by atoms with E-state index in [1.165, 1.54) is 0 Å². The third-order valence-electron chi connectivity index (χ3n) is 3.37. The molecule has 1 atom stereocenters. The third kappa shape index (κ3) is 2.40. The highest BCUT2D eigenvalue weighted by Gasteiger charge is 2.53. The van der Waals surface area contributed by atoms with E-state index < -0.39 is 5.60 Å². The quantitative estimate of drug-likeness (QED) is 0.745. The molecule has 17 heavy (non-hydrogen) atoms. The van der Waals surface area contributed by atoms with Crippen LogP contribution in [-0.4, -0.2) is 55.0 Å². The lowest BCUT2D eigenvalue weighted by atomic mass is 9.93. The molecule has 1 amide bonds. The number of rotatable bonds is 1. The lowest BCUT2D eigenvalue weighted by Gasteiger charge is -2.44. The van der Waals surface area contributed by atoms with E-state index in [-0.39, 0.29) is 11.6 Å². The molecule has 0 saturated carbocycles. The average molecular weight is 242 g/mol. The molecular weight excluding hydrogens is 220 g/mol. The lowest BCUT2D eigenvalue weighted by molar-refractivity contribution is -0.120. The minimum absolute atomic E-state index is 0.129. The van der Waals surface area contributed by atoms with Gasteiger partial charge in [-0.1, -0.05) is 0 Å². The van der Waals surface area contributed by atoms with Gasteiger partial charge in [-0.2, -0.15) is 0 Å². The van der Waals surface area contributed by atoms with Crippen molar-refractivity contribution in [2.24, 2.45) is 0 Å². The molecular formula is C12H22N2O3. The molecule has 98 valence electrons. The van der Waals surface area contributed by atoms with Crippen LogP contribution >= 0.6 is 0 Å². The number of hydrogen-bond acceptors (Lipinski definition) is 4. The first-order valence-corrected chi connectivity index (χ1v) is 6.12. The fourth-order valence-electron chi connectivity index (χ4n) is 2.44. The van der Waals surface area contributed by atoms with Crippen molar-refractivity contribution in [3.63, 3.8) is 0 Å². The van der Waals surface area contributed by atoms with Crippen LogP contribution in [0.2, 0.25) is 0 Å². The van der Waals surface area contributed by atoms with E-state index in [0.717, 1.165) is 6.42 Å². The third-order valence-corrected chi connectivity index (χ3v) is 3.37. The molecule has 0 aromatic carbocycles. The summed E-state index contributed by atoms with van der Waals surface area (Å²) in [4.78, 5) is 14.0. The Morgan fingerprint density at radius 3 is 2.53 bits per heavy atom. The highest BCUT2D eigenvalue weighted by atomic mass is 16.6. The zero-order valence-electron chi connectivity index (χ0n) is 11.1. The number of amides is 1. The van der Waals surface area contributed by atoms with Gasteiger partial charge < -0.3 is 14.8 Å². The molecule has 0 aromatic heterocycles. The molecule has 0 aromatic rings. The molecule has 0 radical (unpaired) electrons. The topological polar surface area (TPSA) is 50.8 Å².